The van der Waals surface area contributed by atoms with Gasteiger partial charge >= 0.3 is 0 Å². The van der Waals surface area contributed by atoms with Crippen molar-refractivity contribution in [2.45, 2.75) is 126 Å². The molecule has 3 aromatic heterocycles. The average molecular weight is 555 g/mol. The maximum Gasteiger partial charge on any atom is 0.237 e. The third kappa shape index (κ3) is 10.3. The van der Waals surface area contributed by atoms with Gasteiger partial charge in [0.05, 0.1) is 6.33 Å². The molecule has 212 valence electrons. The van der Waals surface area contributed by atoms with E-state index in [4.69, 9.17) is 0 Å². The Labute approximate surface area is 243 Å². The van der Waals surface area contributed by atoms with E-state index in [9.17, 15) is 0 Å². The summed E-state index contributed by atoms with van der Waals surface area (Å²) >= 11 is 3.86. The van der Waals surface area contributed by atoms with Gasteiger partial charge in [0.2, 0.25) is 6.71 Å². The molecule has 0 saturated heterocycles. The predicted molar refractivity (Wildman–Crippen MR) is 175 cm³/mol. The number of nitrogens with zero attached hydrogens (tertiary/aromatic N) is 2. The van der Waals surface area contributed by atoms with Crippen LogP contribution >= 0.6 is 22.7 Å². The Morgan fingerprint density at radius 1 is 0.842 bits per heavy atom. The highest BCUT2D eigenvalue weighted by Gasteiger charge is 2.29. The summed E-state index contributed by atoms with van der Waals surface area (Å²) in [6.45, 7) is 29.4. The van der Waals surface area contributed by atoms with Crippen LogP contribution in [0.4, 0.5) is 0 Å². The molecule has 0 amide bonds. The number of thiophene rings is 2. The topological polar surface area (TPSA) is 17.8 Å². The van der Waals surface area contributed by atoms with Gasteiger partial charge < -0.3 is 4.57 Å². The Morgan fingerprint density at radius 3 is 1.71 bits per heavy atom. The summed E-state index contributed by atoms with van der Waals surface area (Å²) in [4.78, 5) is 4.10. The Morgan fingerprint density at radius 2 is 1.37 bits per heavy atom. The summed E-state index contributed by atoms with van der Waals surface area (Å²) in [5, 5.41) is 4.70. The van der Waals surface area contributed by atoms with Gasteiger partial charge in [0.1, 0.15) is 0 Å². The molecule has 0 bridgehead atoms. The molecule has 3 aromatic rings. The van der Waals surface area contributed by atoms with Gasteiger partial charge in [-0.15, -0.1) is 0 Å². The van der Waals surface area contributed by atoms with Gasteiger partial charge in [-0.2, -0.15) is 22.7 Å². The number of hydrogen-bond donors (Lipinski definition) is 0. The van der Waals surface area contributed by atoms with Crippen LogP contribution in [0.5, 0.6) is 0 Å². The van der Waals surface area contributed by atoms with Crippen molar-refractivity contribution < 1.29 is 0 Å². The second-order valence-electron chi connectivity index (χ2n) is 14.2. The minimum atomic E-state index is 0.238. The maximum atomic E-state index is 4.10. The summed E-state index contributed by atoms with van der Waals surface area (Å²) in [7, 11) is 0. The summed E-state index contributed by atoms with van der Waals surface area (Å²) in [6.07, 6.45) is 9.81. The molecule has 0 saturated carbocycles. The van der Waals surface area contributed by atoms with E-state index < -0.39 is 0 Å². The van der Waals surface area contributed by atoms with Gasteiger partial charge in [0.15, 0.2) is 0 Å². The van der Waals surface area contributed by atoms with Gasteiger partial charge in [-0.3, -0.25) is 0 Å². The zero-order valence-electron chi connectivity index (χ0n) is 26.5. The molecule has 5 heteroatoms. The first-order chi connectivity index (χ1) is 17.6. The maximum absolute atomic E-state index is 4.10. The molecule has 0 radical (unpaired) electrons. The average Bonchev–Trinajstić information content (AvgIpc) is 3.54. The molecule has 2 atom stereocenters. The van der Waals surface area contributed by atoms with Gasteiger partial charge in [0.25, 0.3) is 0 Å². The summed E-state index contributed by atoms with van der Waals surface area (Å²) < 4.78 is 5.24. The first kappa shape index (κ1) is 32.9. The molecule has 2 unspecified atom stereocenters. The van der Waals surface area contributed by atoms with Gasteiger partial charge in [-0.25, -0.2) is 4.98 Å². The Kier molecular flexibility index (Phi) is 12.4. The zero-order valence-corrected chi connectivity index (χ0v) is 28.1. The summed E-state index contributed by atoms with van der Waals surface area (Å²) in [5.74, 6) is 3.08. The minimum absolute atomic E-state index is 0.238. The smallest absolute Gasteiger partial charge is 0.237 e. The van der Waals surface area contributed by atoms with E-state index in [1.165, 1.54) is 39.9 Å². The quantitative estimate of drug-likeness (QED) is 0.228. The second-order valence-corrected chi connectivity index (χ2v) is 16.1. The molecule has 38 heavy (non-hydrogen) atoms. The third-order valence-electron chi connectivity index (χ3n) is 7.47. The van der Waals surface area contributed by atoms with Crippen molar-refractivity contribution in [1.29, 1.82) is 0 Å². The SMILES string of the molecule is CC(C)B(c1cc(C(C)(C)C)cs1)c1cc(C(C)(C)C)cs1.CCC(CC(C)CC(C)C)Cn1ccnc1. The number of imidazole rings is 1. The molecular weight excluding hydrogens is 499 g/mol. The van der Waals surface area contributed by atoms with Crippen molar-refractivity contribution in [2.24, 2.45) is 17.8 Å². The lowest BCUT2D eigenvalue weighted by molar-refractivity contribution is 0.307. The molecular formula is C33H55BN2S2. The lowest BCUT2D eigenvalue weighted by atomic mass is 9.40. The second kappa shape index (κ2) is 14.3. The van der Waals surface area contributed by atoms with Crippen LogP contribution in [0.3, 0.4) is 0 Å². The van der Waals surface area contributed by atoms with Gasteiger partial charge in [0, 0.05) is 18.9 Å². The molecule has 0 aliphatic carbocycles. The highest BCUT2D eigenvalue weighted by molar-refractivity contribution is 7.31. The molecule has 0 aliphatic heterocycles. The molecule has 2 nitrogen and oxygen atoms in total. The van der Waals surface area contributed by atoms with Crippen molar-refractivity contribution in [2.75, 3.05) is 0 Å². The first-order valence-electron chi connectivity index (χ1n) is 14.7. The van der Waals surface area contributed by atoms with Crippen LogP contribution in [0.25, 0.3) is 0 Å². The van der Waals surface area contributed by atoms with Crippen molar-refractivity contribution >= 4 is 38.9 Å². The number of aromatic nitrogens is 2. The minimum Gasteiger partial charge on any atom is -0.337 e. The lowest BCUT2D eigenvalue weighted by Gasteiger charge is -2.21. The van der Waals surface area contributed by atoms with Gasteiger partial charge in [-0.05, 0) is 72.9 Å². The molecule has 3 rings (SSSR count). The van der Waals surface area contributed by atoms with Crippen molar-refractivity contribution in [3.8, 4) is 0 Å². The Hall–Kier alpha value is -1.33. The van der Waals surface area contributed by atoms with E-state index >= 15 is 0 Å². The normalized spacial score (nSPS) is 13.9. The van der Waals surface area contributed by atoms with Crippen LogP contribution in [-0.2, 0) is 17.4 Å². The van der Waals surface area contributed by atoms with E-state index in [2.05, 4.69) is 122 Å². The van der Waals surface area contributed by atoms with Crippen molar-refractivity contribution in [3.63, 3.8) is 0 Å². The summed E-state index contributed by atoms with van der Waals surface area (Å²) in [6, 6.07) is 4.87. The van der Waals surface area contributed by atoms with Crippen LogP contribution in [0.2, 0.25) is 5.82 Å². The molecule has 0 spiro atoms. The Bertz CT molecular complexity index is 995. The van der Waals surface area contributed by atoms with Crippen LogP contribution in [0.1, 0.15) is 113 Å². The highest BCUT2D eigenvalue weighted by atomic mass is 32.1. The largest absolute Gasteiger partial charge is 0.337 e. The fraction of sp³-hybridized carbons (Fsp3) is 0.667. The first-order valence-corrected chi connectivity index (χ1v) is 16.5. The fourth-order valence-corrected chi connectivity index (χ4v) is 8.07. The van der Waals surface area contributed by atoms with E-state index in [0.29, 0.717) is 12.5 Å². The zero-order chi connectivity index (χ0) is 28.7. The monoisotopic (exact) mass is 554 g/mol. The molecule has 0 fully saturated rings. The fourth-order valence-electron chi connectivity index (χ4n) is 5.15. The van der Waals surface area contributed by atoms with Gasteiger partial charge in [-0.1, -0.05) is 107 Å². The van der Waals surface area contributed by atoms with Crippen LogP contribution in [0.15, 0.2) is 41.6 Å². The lowest BCUT2D eigenvalue weighted by Crippen LogP contribution is -2.41. The van der Waals surface area contributed by atoms with E-state index in [1.54, 1.807) is 0 Å². The van der Waals surface area contributed by atoms with E-state index in [-0.39, 0.29) is 10.8 Å². The molecule has 0 aromatic carbocycles. The predicted octanol–water partition coefficient (Wildman–Crippen LogP) is 9.41. The van der Waals surface area contributed by atoms with Crippen LogP contribution in [0, 0.1) is 17.8 Å². The highest BCUT2D eigenvalue weighted by Crippen LogP contribution is 2.28. The third-order valence-corrected chi connectivity index (χ3v) is 9.50. The molecule has 3 heterocycles. The van der Waals surface area contributed by atoms with Crippen molar-refractivity contribution in [3.05, 3.63) is 52.7 Å². The van der Waals surface area contributed by atoms with Crippen LogP contribution in [-0.4, -0.2) is 16.3 Å². The molecule has 0 N–H and O–H groups in total. The summed E-state index contributed by atoms with van der Waals surface area (Å²) in [5.41, 5.74) is 3.40. The standard InChI is InChI=1S/C19H29BS2.C14H26N2/c1-13(2)20(16-9-14(11-21-16)18(3,4)5)17-10-15(12-22-17)19(6,7)8;1-5-14(9-13(4)8-12(2)3)10-16-7-6-15-11-16/h9-13H,1-8H3;6-7,11-14H,5,8-10H2,1-4H3. The molecule has 0 aliphatic rings. The Balaban J connectivity index is 0.000000281. The van der Waals surface area contributed by atoms with Crippen molar-refractivity contribution in [1.82, 2.24) is 9.55 Å². The number of hydrogen-bond acceptors (Lipinski definition) is 3. The van der Waals surface area contributed by atoms with E-state index in [1.807, 2.05) is 35.2 Å². The van der Waals surface area contributed by atoms with Crippen LogP contribution < -0.4 is 9.55 Å². The number of rotatable bonds is 10. The van der Waals surface area contributed by atoms with E-state index in [0.717, 1.165) is 24.3 Å².